The van der Waals surface area contributed by atoms with E-state index < -0.39 is 11.9 Å². The molecule has 3 heterocycles. The highest BCUT2D eigenvalue weighted by Gasteiger charge is 2.44. The second-order valence-electron chi connectivity index (χ2n) is 8.15. The van der Waals surface area contributed by atoms with Crippen LogP contribution in [0.2, 0.25) is 0 Å². The van der Waals surface area contributed by atoms with E-state index in [-0.39, 0.29) is 17.1 Å². The van der Waals surface area contributed by atoms with E-state index in [0.29, 0.717) is 23.1 Å². The van der Waals surface area contributed by atoms with Crippen molar-refractivity contribution in [1.29, 1.82) is 0 Å². The zero-order valence-corrected chi connectivity index (χ0v) is 18.7. The summed E-state index contributed by atoms with van der Waals surface area (Å²) in [5.74, 6) is 0.523. The number of hydrogen-bond acceptors (Lipinski definition) is 6. The summed E-state index contributed by atoms with van der Waals surface area (Å²) in [6.45, 7) is 6.55. The van der Waals surface area contributed by atoms with Gasteiger partial charge in [0.15, 0.2) is 5.43 Å². The fourth-order valence-electron chi connectivity index (χ4n) is 4.13. The first-order valence-corrected chi connectivity index (χ1v) is 10.9. The molecule has 0 N–H and O–H groups in total. The zero-order valence-electron chi connectivity index (χ0n) is 18.7. The highest BCUT2D eigenvalue weighted by molar-refractivity contribution is 6.09. The molecule has 2 aromatic carbocycles. The Kier molecular flexibility index (Phi) is 5.17. The number of rotatable bonds is 5. The Morgan fingerprint density at radius 2 is 1.73 bits per heavy atom. The standard InChI is InChI=1S/C26H23N3O4/c1-4-12-32-18-8-6-17(7-9-18)22-21-23(30)19-13-15(2)16(3)14-20(19)33-24(21)25(31)29(22)26-27-10-5-11-28-26/h5-11,13-14,22H,4,12H2,1-3H3. The van der Waals surface area contributed by atoms with Crippen molar-refractivity contribution in [2.75, 3.05) is 11.5 Å². The van der Waals surface area contributed by atoms with Gasteiger partial charge >= 0.3 is 0 Å². The Hall–Kier alpha value is -4.00. The quantitative estimate of drug-likeness (QED) is 0.445. The summed E-state index contributed by atoms with van der Waals surface area (Å²) in [5.41, 5.74) is 3.18. The molecule has 0 radical (unpaired) electrons. The molecule has 0 bridgehead atoms. The minimum Gasteiger partial charge on any atom is -0.494 e. The number of carbonyl (C=O) groups is 1. The second kappa shape index (κ2) is 8.16. The highest BCUT2D eigenvalue weighted by atomic mass is 16.5. The maximum absolute atomic E-state index is 13.7. The third-order valence-corrected chi connectivity index (χ3v) is 5.92. The van der Waals surface area contributed by atoms with E-state index in [0.717, 1.165) is 28.9 Å². The Morgan fingerprint density at radius 3 is 2.42 bits per heavy atom. The van der Waals surface area contributed by atoms with E-state index in [9.17, 15) is 9.59 Å². The summed E-state index contributed by atoms with van der Waals surface area (Å²) in [4.78, 5) is 37.2. The van der Waals surface area contributed by atoms with Crippen molar-refractivity contribution in [2.45, 2.75) is 33.2 Å². The number of aryl methyl sites for hydroxylation is 2. The smallest absolute Gasteiger partial charge is 0.297 e. The summed E-state index contributed by atoms with van der Waals surface area (Å²) in [6.07, 6.45) is 4.03. The molecule has 5 rings (SSSR count). The second-order valence-corrected chi connectivity index (χ2v) is 8.15. The first-order chi connectivity index (χ1) is 16.0. The average molecular weight is 441 g/mol. The SMILES string of the molecule is CCCOc1ccc(C2c3c(oc4cc(C)c(C)cc4c3=O)C(=O)N2c2ncccn2)cc1. The number of aromatic nitrogens is 2. The lowest BCUT2D eigenvalue weighted by Gasteiger charge is -2.23. The fourth-order valence-corrected chi connectivity index (χ4v) is 4.13. The van der Waals surface area contributed by atoms with Crippen molar-refractivity contribution in [3.8, 4) is 5.75 Å². The molecule has 4 aromatic rings. The van der Waals surface area contributed by atoms with Gasteiger partial charge < -0.3 is 9.15 Å². The fraction of sp³-hybridized carbons (Fsp3) is 0.231. The summed E-state index contributed by atoms with van der Waals surface area (Å²) >= 11 is 0. The van der Waals surface area contributed by atoms with E-state index in [1.54, 1.807) is 24.5 Å². The molecule has 1 aliphatic rings. The number of anilines is 1. The third-order valence-electron chi connectivity index (χ3n) is 5.92. The molecule has 0 saturated carbocycles. The molecular formula is C26H23N3O4. The molecular weight excluding hydrogens is 418 g/mol. The van der Waals surface area contributed by atoms with Crippen LogP contribution in [-0.4, -0.2) is 22.5 Å². The van der Waals surface area contributed by atoms with Gasteiger partial charge in [-0.25, -0.2) is 9.97 Å². The van der Waals surface area contributed by atoms with Crippen LogP contribution in [-0.2, 0) is 0 Å². The molecule has 0 saturated heterocycles. The number of fused-ring (bicyclic) bond motifs is 2. The minimum atomic E-state index is -0.711. The van der Waals surface area contributed by atoms with Crippen LogP contribution in [0, 0.1) is 13.8 Å². The predicted octanol–water partition coefficient (Wildman–Crippen LogP) is 4.74. The number of benzene rings is 2. The van der Waals surface area contributed by atoms with Gasteiger partial charge in [0, 0.05) is 12.4 Å². The Morgan fingerprint density at radius 1 is 1.03 bits per heavy atom. The topological polar surface area (TPSA) is 85.5 Å². The van der Waals surface area contributed by atoms with Gasteiger partial charge in [-0.05, 0) is 67.3 Å². The van der Waals surface area contributed by atoms with E-state index >= 15 is 0 Å². The van der Waals surface area contributed by atoms with Crippen molar-refractivity contribution in [1.82, 2.24) is 9.97 Å². The minimum absolute atomic E-state index is 0.0273. The van der Waals surface area contributed by atoms with E-state index in [4.69, 9.17) is 9.15 Å². The molecule has 0 spiro atoms. The van der Waals surface area contributed by atoms with Crippen LogP contribution in [0.15, 0.2) is 64.1 Å². The van der Waals surface area contributed by atoms with Gasteiger partial charge in [-0.1, -0.05) is 19.1 Å². The molecule has 0 fully saturated rings. The number of amides is 1. The molecule has 33 heavy (non-hydrogen) atoms. The molecule has 1 unspecified atom stereocenters. The predicted molar refractivity (Wildman–Crippen MR) is 125 cm³/mol. The van der Waals surface area contributed by atoms with Gasteiger partial charge in [0.2, 0.25) is 11.7 Å². The summed E-state index contributed by atoms with van der Waals surface area (Å²) in [7, 11) is 0. The monoisotopic (exact) mass is 441 g/mol. The van der Waals surface area contributed by atoms with Crippen molar-refractivity contribution in [2.24, 2.45) is 0 Å². The van der Waals surface area contributed by atoms with Crippen LogP contribution < -0.4 is 15.1 Å². The molecule has 166 valence electrons. The lowest BCUT2D eigenvalue weighted by molar-refractivity contribution is 0.0969. The van der Waals surface area contributed by atoms with Crippen LogP contribution >= 0.6 is 0 Å². The van der Waals surface area contributed by atoms with Crippen LogP contribution in [0.3, 0.4) is 0 Å². The van der Waals surface area contributed by atoms with Gasteiger partial charge in [0.25, 0.3) is 5.91 Å². The largest absolute Gasteiger partial charge is 0.494 e. The van der Waals surface area contributed by atoms with E-state index in [2.05, 4.69) is 9.97 Å². The average Bonchev–Trinajstić information content (AvgIpc) is 3.12. The van der Waals surface area contributed by atoms with Gasteiger partial charge in [0.05, 0.1) is 23.6 Å². The number of hydrogen-bond donors (Lipinski definition) is 0. The van der Waals surface area contributed by atoms with Gasteiger partial charge in [-0.3, -0.25) is 14.5 Å². The number of nitrogens with zero attached hydrogens (tertiary/aromatic N) is 3. The van der Waals surface area contributed by atoms with Crippen LogP contribution in [0.4, 0.5) is 5.95 Å². The highest BCUT2D eigenvalue weighted by Crippen LogP contribution is 2.40. The maximum atomic E-state index is 13.7. The van der Waals surface area contributed by atoms with E-state index in [1.165, 1.54) is 4.90 Å². The molecule has 7 heteroatoms. The molecule has 7 nitrogen and oxygen atoms in total. The molecule has 1 aliphatic heterocycles. The van der Waals surface area contributed by atoms with Gasteiger partial charge in [0.1, 0.15) is 11.3 Å². The van der Waals surface area contributed by atoms with Crippen molar-refractivity contribution < 1.29 is 13.9 Å². The van der Waals surface area contributed by atoms with Crippen molar-refractivity contribution in [3.63, 3.8) is 0 Å². The van der Waals surface area contributed by atoms with Gasteiger partial charge in [-0.15, -0.1) is 0 Å². The molecule has 1 atom stereocenters. The van der Waals surface area contributed by atoms with Crippen molar-refractivity contribution >= 4 is 22.8 Å². The Labute approximate surface area is 190 Å². The van der Waals surface area contributed by atoms with E-state index in [1.807, 2.05) is 51.1 Å². The molecule has 1 amide bonds. The maximum Gasteiger partial charge on any atom is 0.297 e. The summed E-state index contributed by atoms with van der Waals surface area (Å²) < 4.78 is 11.7. The zero-order chi connectivity index (χ0) is 23.1. The summed E-state index contributed by atoms with van der Waals surface area (Å²) in [6, 6.07) is 12.0. The Balaban J connectivity index is 1.73. The lowest BCUT2D eigenvalue weighted by Crippen LogP contribution is -2.31. The first-order valence-electron chi connectivity index (χ1n) is 10.9. The van der Waals surface area contributed by atoms with Gasteiger partial charge in [-0.2, -0.15) is 0 Å². The van der Waals surface area contributed by atoms with Crippen LogP contribution in [0.25, 0.3) is 11.0 Å². The third kappa shape index (κ3) is 3.46. The number of ether oxygens (including phenoxy) is 1. The summed E-state index contributed by atoms with van der Waals surface area (Å²) in [5, 5.41) is 0.452. The lowest BCUT2D eigenvalue weighted by atomic mass is 9.97. The Bertz CT molecular complexity index is 1410. The van der Waals surface area contributed by atoms with Crippen molar-refractivity contribution in [3.05, 3.63) is 93.1 Å². The molecule has 2 aromatic heterocycles. The normalized spacial score (nSPS) is 15.2. The molecule has 0 aliphatic carbocycles. The van der Waals surface area contributed by atoms with Crippen LogP contribution in [0.1, 0.15) is 52.2 Å². The first kappa shape index (κ1) is 20.9. The number of carbonyl (C=O) groups excluding carboxylic acids is 1. The van der Waals surface area contributed by atoms with Crippen LogP contribution in [0.5, 0.6) is 5.75 Å².